The second-order valence-electron chi connectivity index (χ2n) is 5.74. The zero-order chi connectivity index (χ0) is 16.3. The second kappa shape index (κ2) is 6.58. The van der Waals surface area contributed by atoms with Gasteiger partial charge in [-0.25, -0.2) is 0 Å². The third-order valence-corrected chi connectivity index (χ3v) is 3.52. The molecule has 0 bridgehead atoms. The third kappa shape index (κ3) is 4.39. The van der Waals surface area contributed by atoms with Crippen molar-refractivity contribution in [1.29, 1.82) is 0 Å². The van der Waals surface area contributed by atoms with Crippen LogP contribution in [-0.4, -0.2) is 17.7 Å². The minimum absolute atomic E-state index is 0.171. The van der Waals surface area contributed by atoms with E-state index in [4.69, 9.17) is 32.5 Å². The van der Waals surface area contributed by atoms with Gasteiger partial charge in [-0.2, -0.15) is 0 Å². The van der Waals surface area contributed by atoms with Crippen molar-refractivity contribution in [2.75, 3.05) is 11.9 Å². The summed E-state index contributed by atoms with van der Waals surface area (Å²) in [5, 5.41) is 7.20. The Bertz CT molecular complexity index is 678. The topological polar surface area (TPSA) is 64.4 Å². The monoisotopic (exact) mass is 342 g/mol. The number of halogens is 2. The molecule has 0 radical (unpaired) electrons. The molecule has 0 atom stereocenters. The maximum absolute atomic E-state index is 11.8. The number of nitrogens with zero attached hydrogens (tertiary/aromatic N) is 1. The first-order chi connectivity index (χ1) is 10.3. The van der Waals surface area contributed by atoms with Gasteiger partial charge in [0, 0.05) is 17.5 Å². The molecular weight excluding hydrogens is 327 g/mol. The van der Waals surface area contributed by atoms with Crippen LogP contribution in [0.25, 0.3) is 0 Å². The van der Waals surface area contributed by atoms with Crippen molar-refractivity contribution >= 4 is 34.9 Å². The molecule has 0 aliphatic carbocycles. The van der Waals surface area contributed by atoms with Crippen LogP contribution in [0, 0.1) is 0 Å². The van der Waals surface area contributed by atoms with Crippen LogP contribution in [-0.2, 0) is 10.2 Å². The van der Waals surface area contributed by atoms with Crippen LogP contribution in [0.4, 0.5) is 5.82 Å². The molecule has 0 aliphatic rings. The van der Waals surface area contributed by atoms with Crippen LogP contribution < -0.4 is 10.1 Å². The van der Waals surface area contributed by atoms with E-state index in [1.165, 1.54) is 0 Å². The summed E-state index contributed by atoms with van der Waals surface area (Å²) in [7, 11) is 0. The van der Waals surface area contributed by atoms with Gasteiger partial charge in [0.05, 0.1) is 10.0 Å². The van der Waals surface area contributed by atoms with Gasteiger partial charge >= 0.3 is 0 Å². The van der Waals surface area contributed by atoms with E-state index in [-0.39, 0.29) is 17.9 Å². The molecule has 2 rings (SSSR count). The lowest BCUT2D eigenvalue weighted by atomic mass is 9.93. The van der Waals surface area contributed by atoms with E-state index in [9.17, 15) is 4.79 Å². The van der Waals surface area contributed by atoms with Crippen molar-refractivity contribution < 1.29 is 14.1 Å². The highest BCUT2D eigenvalue weighted by atomic mass is 35.5. The van der Waals surface area contributed by atoms with E-state index in [1.807, 2.05) is 20.8 Å². The van der Waals surface area contributed by atoms with Gasteiger partial charge in [-0.15, -0.1) is 0 Å². The molecule has 22 heavy (non-hydrogen) atoms. The zero-order valence-electron chi connectivity index (χ0n) is 12.4. The highest BCUT2D eigenvalue weighted by Crippen LogP contribution is 2.26. The first-order valence-corrected chi connectivity index (χ1v) is 7.36. The Hall–Kier alpha value is -1.72. The normalized spacial score (nSPS) is 11.3. The number of hydrogen-bond donors (Lipinski definition) is 1. The molecule has 0 saturated carbocycles. The molecule has 0 spiro atoms. The summed E-state index contributed by atoms with van der Waals surface area (Å²) in [6.45, 7) is 5.81. The summed E-state index contributed by atoms with van der Waals surface area (Å²) in [5.74, 6) is 1.15. The Labute approximate surface area is 138 Å². The van der Waals surface area contributed by atoms with Crippen molar-refractivity contribution in [1.82, 2.24) is 5.16 Å². The minimum atomic E-state index is -0.347. The Kier molecular flexibility index (Phi) is 4.98. The quantitative estimate of drug-likeness (QED) is 0.899. The molecule has 1 aromatic carbocycles. The fourth-order valence-corrected chi connectivity index (χ4v) is 1.87. The van der Waals surface area contributed by atoms with Crippen molar-refractivity contribution in [2.24, 2.45) is 0 Å². The maximum atomic E-state index is 11.8. The predicted octanol–water partition coefficient (Wildman–Crippen LogP) is 4.30. The second-order valence-corrected chi connectivity index (χ2v) is 6.55. The lowest BCUT2D eigenvalue weighted by Crippen LogP contribution is -2.20. The average Bonchev–Trinajstić information content (AvgIpc) is 2.88. The van der Waals surface area contributed by atoms with Crippen molar-refractivity contribution in [3.05, 3.63) is 40.1 Å². The average molecular weight is 343 g/mol. The number of ether oxygens (including phenoxy) is 1. The number of carbonyl (C=O) groups is 1. The lowest BCUT2D eigenvalue weighted by molar-refractivity contribution is -0.118. The first kappa shape index (κ1) is 16.6. The van der Waals surface area contributed by atoms with E-state index in [1.54, 1.807) is 24.3 Å². The summed E-state index contributed by atoms with van der Waals surface area (Å²) in [6.07, 6.45) is 0. The van der Waals surface area contributed by atoms with Crippen molar-refractivity contribution in [2.45, 2.75) is 26.2 Å². The molecule has 0 fully saturated rings. The van der Waals surface area contributed by atoms with E-state index >= 15 is 0 Å². The van der Waals surface area contributed by atoms with Gasteiger partial charge in [0.15, 0.2) is 12.4 Å². The number of anilines is 1. The third-order valence-electron chi connectivity index (χ3n) is 2.78. The number of hydrogen-bond acceptors (Lipinski definition) is 4. The fraction of sp³-hybridized carbons (Fsp3) is 0.333. The molecule has 0 aliphatic heterocycles. The number of nitrogens with one attached hydrogen (secondary N) is 1. The minimum Gasteiger partial charge on any atom is -0.484 e. The maximum Gasteiger partial charge on any atom is 0.263 e. The lowest BCUT2D eigenvalue weighted by Gasteiger charge is -2.12. The summed E-state index contributed by atoms with van der Waals surface area (Å²) >= 11 is 11.7. The summed E-state index contributed by atoms with van der Waals surface area (Å²) < 4.78 is 10.5. The van der Waals surface area contributed by atoms with Gasteiger partial charge in [0.25, 0.3) is 5.91 Å². The van der Waals surface area contributed by atoms with E-state index < -0.39 is 0 Å². The summed E-state index contributed by atoms with van der Waals surface area (Å²) in [6, 6.07) is 6.47. The molecule has 7 heteroatoms. The van der Waals surface area contributed by atoms with Gasteiger partial charge in [0.1, 0.15) is 11.5 Å². The van der Waals surface area contributed by atoms with Gasteiger partial charge in [-0.05, 0) is 12.1 Å². The smallest absolute Gasteiger partial charge is 0.263 e. The van der Waals surface area contributed by atoms with Crippen LogP contribution in [0.3, 0.4) is 0 Å². The number of benzene rings is 1. The highest BCUT2D eigenvalue weighted by molar-refractivity contribution is 6.42. The molecule has 118 valence electrons. The van der Waals surface area contributed by atoms with Gasteiger partial charge in [-0.1, -0.05) is 49.1 Å². The molecule has 1 amide bonds. The molecule has 1 aromatic heterocycles. The van der Waals surface area contributed by atoms with Crippen LogP contribution >= 0.6 is 23.2 Å². The zero-order valence-corrected chi connectivity index (χ0v) is 14.0. The van der Waals surface area contributed by atoms with E-state index in [0.29, 0.717) is 27.4 Å². The molecule has 1 heterocycles. The van der Waals surface area contributed by atoms with Crippen molar-refractivity contribution in [3.63, 3.8) is 0 Å². The number of amides is 1. The van der Waals surface area contributed by atoms with Gasteiger partial charge < -0.3 is 14.6 Å². The molecule has 0 saturated heterocycles. The Morgan fingerprint density at radius 3 is 2.59 bits per heavy atom. The van der Waals surface area contributed by atoms with Gasteiger partial charge in [-0.3, -0.25) is 4.79 Å². The molecule has 5 nitrogen and oxygen atoms in total. The molecule has 1 N–H and O–H groups in total. The predicted molar refractivity (Wildman–Crippen MR) is 85.8 cm³/mol. The van der Waals surface area contributed by atoms with E-state index in [2.05, 4.69) is 10.5 Å². The number of rotatable bonds is 4. The fourth-order valence-electron chi connectivity index (χ4n) is 1.58. The van der Waals surface area contributed by atoms with Gasteiger partial charge in [0.2, 0.25) is 0 Å². The molecule has 2 aromatic rings. The SMILES string of the molecule is CC(C)(C)c1cc(NC(=O)COc2ccc(Cl)c(Cl)c2)no1. The van der Waals surface area contributed by atoms with Crippen LogP contribution in [0.1, 0.15) is 26.5 Å². The van der Waals surface area contributed by atoms with Crippen LogP contribution in [0.15, 0.2) is 28.8 Å². The summed E-state index contributed by atoms with van der Waals surface area (Å²) in [5.41, 5.74) is -0.174. The van der Waals surface area contributed by atoms with Crippen LogP contribution in [0.2, 0.25) is 10.0 Å². The highest BCUT2D eigenvalue weighted by Gasteiger charge is 2.20. The Morgan fingerprint density at radius 2 is 2.00 bits per heavy atom. The number of aromatic nitrogens is 1. The summed E-state index contributed by atoms with van der Waals surface area (Å²) in [4.78, 5) is 11.8. The Balaban J connectivity index is 1.90. The molecular formula is C15H16Cl2N2O3. The first-order valence-electron chi connectivity index (χ1n) is 6.60. The Morgan fingerprint density at radius 1 is 1.27 bits per heavy atom. The van der Waals surface area contributed by atoms with Crippen LogP contribution in [0.5, 0.6) is 5.75 Å². The standard InChI is InChI=1S/C15H16Cl2N2O3/c1-15(2,3)12-7-13(19-22-12)18-14(20)8-21-9-4-5-10(16)11(17)6-9/h4-7H,8H2,1-3H3,(H,18,19,20). The van der Waals surface area contributed by atoms with E-state index in [0.717, 1.165) is 0 Å². The number of carbonyl (C=O) groups excluding carboxylic acids is 1. The molecule has 0 unspecified atom stereocenters. The van der Waals surface area contributed by atoms with Crippen molar-refractivity contribution in [3.8, 4) is 5.75 Å². The largest absolute Gasteiger partial charge is 0.484 e.